The van der Waals surface area contributed by atoms with Crippen molar-refractivity contribution in [2.24, 2.45) is 5.92 Å². The van der Waals surface area contributed by atoms with E-state index in [4.69, 9.17) is 4.98 Å². The minimum atomic E-state index is 0.505. The van der Waals surface area contributed by atoms with Crippen LogP contribution in [0.3, 0.4) is 0 Å². The van der Waals surface area contributed by atoms with Crippen molar-refractivity contribution >= 4 is 16.9 Å². The molecule has 3 aromatic heterocycles. The number of pyridine rings is 1. The minimum Gasteiger partial charge on any atom is -0.355 e. The summed E-state index contributed by atoms with van der Waals surface area (Å²) in [5.41, 5.74) is 3.73. The van der Waals surface area contributed by atoms with Gasteiger partial charge in [0.05, 0.1) is 23.4 Å². The maximum absolute atomic E-state index is 4.81. The molecule has 1 atom stereocenters. The topological polar surface area (TPSA) is 72.6 Å². The molecule has 1 aromatic carbocycles. The molecule has 0 saturated carbocycles. The Bertz CT molecular complexity index is 1080. The van der Waals surface area contributed by atoms with E-state index in [1.807, 2.05) is 59.7 Å². The normalized spacial score (nSPS) is 17.1. The Balaban J connectivity index is 1.30. The highest BCUT2D eigenvalue weighted by Gasteiger charge is 2.22. The quantitative estimate of drug-likeness (QED) is 0.548. The lowest BCUT2D eigenvalue weighted by Crippen LogP contribution is -2.37. The van der Waals surface area contributed by atoms with Crippen LogP contribution >= 0.6 is 0 Å². The number of hydrogen-bond acceptors (Lipinski definition) is 6. The van der Waals surface area contributed by atoms with Gasteiger partial charge in [-0.25, -0.2) is 4.98 Å². The third-order valence-electron chi connectivity index (χ3n) is 5.22. The lowest BCUT2D eigenvalue weighted by atomic mass is 9.98. The number of rotatable bonds is 4. The van der Waals surface area contributed by atoms with Crippen LogP contribution in [0.25, 0.3) is 22.3 Å². The Morgan fingerprint density at radius 2 is 1.96 bits per heavy atom. The molecule has 7 heteroatoms. The molecule has 0 bridgehead atoms. The fourth-order valence-electron chi connectivity index (χ4n) is 3.82. The summed E-state index contributed by atoms with van der Waals surface area (Å²) in [7, 11) is 0. The molecule has 4 aromatic rings. The lowest BCUT2D eigenvalue weighted by molar-refractivity contribution is 0.347. The number of fused-ring (bicyclic) bond motifs is 1. The Hall–Kier alpha value is -3.35. The van der Waals surface area contributed by atoms with Gasteiger partial charge < -0.3 is 4.90 Å². The van der Waals surface area contributed by atoms with Gasteiger partial charge in [-0.3, -0.25) is 14.6 Å². The maximum Gasteiger partial charge on any atom is 0.147 e. The van der Waals surface area contributed by atoms with Crippen LogP contribution in [0.2, 0.25) is 0 Å². The van der Waals surface area contributed by atoms with E-state index in [2.05, 4.69) is 25.2 Å². The average Bonchev–Trinajstić information content (AvgIpc) is 3.23. The van der Waals surface area contributed by atoms with Crippen LogP contribution in [0.4, 0.5) is 5.82 Å². The third kappa shape index (κ3) is 3.43. The van der Waals surface area contributed by atoms with Crippen molar-refractivity contribution in [3.63, 3.8) is 0 Å². The molecule has 0 spiro atoms. The summed E-state index contributed by atoms with van der Waals surface area (Å²) in [6, 6.07) is 11.9. The summed E-state index contributed by atoms with van der Waals surface area (Å²) >= 11 is 0. The highest BCUT2D eigenvalue weighted by Crippen LogP contribution is 2.24. The second-order valence-electron chi connectivity index (χ2n) is 7.24. The minimum absolute atomic E-state index is 0.505. The van der Waals surface area contributed by atoms with E-state index in [0.29, 0.717) is 5.92 Å². The first-order valence-electron chi connectivity index (χ1n) is 9.62. The Labute approximate surface area is 163 Å². The number of para-hydroxylation sites is 2. The molecule has 0 unspecified atom stereocenters. The molecule has 1 saturated heterocycles. The van der Waals surface area contributed by atoms with E-state index in [9.17, 15) is 0 Å². The van der Waals surface area contributed by atoms with Gasteiger partial charge in [0.25, 0.3) is 0 Å². The Morgan fingerprint density at radius 1 is 1.04 bits per heavy atom. The number of hydrogen-bond donors (Lipinski definition) is 0. The van der Waals surface area contributed by atoms with E-state index in [1.54, 1.807) is 6.20 Å². The predicted molar refractivity (Wildman–Crippen MR) is 108 cm³/mol. The first-order valence-corrected chi connectivity index (χ1v) is 9.62. The fourth-order valence-corrected chi connectivity index (χ4v) is 3.82. The number of anilines is 1. The van der Waals surface area contributed by atoms with Gasteiger partial charge in [-0.1, -0.05) is 17.3 Å². The van der Waals surface area contributed by atoms with Crippen molar-refractivity contribution in [2.45, 2.75) is 19.4 Å². The summed E-state index contributed by atoms with van der Waals surface area (Å²) in [6.45, 7) is 2.82. The molecule has 0 N–H and O–H groups in total. The Morgan fingerprint density at radius 3 is 2.86 bits per heavy atom. The molecular weight excluding hydrogens is 350 g/mol. The number of nitrogens with zero attached hydrogens (tertiary/aromatic N) is 7. The molecule has 140 valence electrons. The molecule has 0 radical (unpaired) electrons. The molecule has 1 aliphatic rings. The second kappa shape index (κ2) is 7.34. The number of aromatic nitrogens is 6. The zero-order chi connectivity index (χ0) is 18.8. The largest absolute Gasteiger partial charge is 0.355 e. The van der Waals surface area contributed by atoms with Crippen molar-refractivity contribution in [3.05, 3.63) is 61.2 Å². The summed E-state index contributed by atoms with van der Waals surface area (Å²) < 4.78 is 1.95. The summed E-state index contributed by atoms with van der Waals surface area (Å²) in [6.07, 6.45) is 9.80. The summed E-state index contributed by atoms with van der Waals surface area (Å²) in [5, 5.41) is 8.62. The molecule has 4 heterocycles. The van der Waals surface area contributed by atoms with Crippen LogP contribution in [0, 0.1) is 5.92 Å². The Kier molecular flexibility index (Phi) is 4.40. The van der Waals surface area contributed by atoms with Gasteiger partial charge in [0.2, 0.25) is 0 Å². The van der Waals surface area contributed by atoms with E-state index < -0.39 is 0 Å². The van der Waals surface area contributed by atoms with Crippen LogP contribution < -0.4 is 4.90 Å². The van der Waals surface area contributed by atoms with E-state index in [-0.39, 0.29) is 0 Å². The van der Waals surface area contributed by atoms with E-state index in [0.717, 1.165) is 54.2 Å². The van der Waals surface area contributed by atoms with Crippen molar-refractivity contribution in [1.82, 2.24) is 29.9 Å². The molecule has 7 nitrogen and oxygen atoms in total. The van der Waals surface area contributed by atoms with Crippen LogP contribution in [0.1, 0.15) is 12.8 Å². The van der Waals surface area contributed by atoms with Crippen LogP contribution in [0.5, 0.6) is 0 Å². The average molecular weight is 371 g/mol. The zero-order valence-electron chi connectivity index (χ0n) is 15.5. The van der Waals surface area contributed by atoms with Crippen molar-refractivity contribution in [3.8, 4) is 11.3 Å². The van der Waals surface area contributed by atoms with Crippen LogP contribution in [-0.2, 0) is 6.54 Å². The molecule has 28 heavy (non-hydrogen) atoms. The van der Waals surface area contributed by atoms with Crippen molar-refractivity contribution in [1.29, 1.82) is 0 Å². The van der Waals surface area contributed by atoms with Crippen LogP contribution in [-0.4, -0.2) is 43.0 Å². The highest BCUT2D eigenvalue weighted by molar-refractivity contribution is 5.75. The zero-order valence-corrected chi connectivity index (χ0v) is 15.5. The molecule has 0 aliphatic carbocycles. The lowest BCUT2D eigenvalue weighted by Gasteiger charge is -2.33. The fraction of sp³-hybridized carbons (Fsp3) is 0.286. The standard InChI is InChI=1S/C21H21N7/c1-2-8-19-18(7-1)23-12-21(24-19)27-10-4-5-16(13-27)14-28-15-20(25-26-28)17-6-3-9-22-11-17/h1-3,6-9,11-12,15-16H,4-5,10,13-14H2/t16-/m1/s1. The van der Waals surface area contributed by atoms with Gasteiger partial charge >= 0.3 is 0 Å². The van der Waals surface area contributed by atoms with Gasteiger partial charge in [0.15, 0.2) is 0 Å². The predicted octanol–water partition coefficient (Wildman–Crippen LogP) is 3.20. The second-order valence-corrected chi connectivity index (χ2v) is 7.24. The van der Waals surface area contributed by atoms with Gasteiger partial charge in [-0.05, 0) is 43.0 Å². The number of piperidine rings is 1. The maximum atomic E-state index is 4.81. The third-order valence-corrected chi connectivity index (χ3v) is 5.22. The molecule has 1 fully saturated rings. The van der Waals surface area contributed by atoms with Crippen LogP contribution in [0.15, 0.2) is 61.2 Å². The molecule has 5 rings (SSSR count). The van der Waals surface area contributed by atoms with Gasteiger partial charge in [0, 0.05) is 37.6 Å². The SMILES string of the molecule is c1cncc(-c2cn(C[C@@H]3CCCN(c4cnc5ccccc5n4)C3)nn2)c1. The van der Waals surface area contributed by atoms with Crippen molar-refractivity contribution in [2.75, 3.05) is 18.0 Å². The van der Waals surface area contributed by atoms with E-state index >= 15 is 0 Å². The van der Waals surface area contributed by atoms with Crippen molar-refractivity contribution < 1.29 is 0 Å². The first kappa shape index (κ1) is 16.8. The van der Waals surface area contributed by atoms with Gasteiger partial charge in [0.1, 0.15) is 11.5 Å². The summed E-state index contributed by atoms with van der Waals surface area (Å²) in [5.74, 6) is 1.46. The molecular formula is C21H21N7. The molecule has 0 amide bonds. The van der Waals surface area contributed by atoms with Gasteiger partial charge in [-0.2, -0.15) is 0 Å². The summed E-state index contributed by atoms with van der Waals surface area (Å²) in [4.78, 5) is 15.9. The monoisotopic (exact) mass is 371 g/mol. The van der Waals surface area contributed by atoms with Gasteiger partial charge in [-0.15, -0.1) is 5.10 Å². The first-order chi connectivity index (χ1) is 13.8. The smallest absolute Gasteiger partial charge is 0.147 e. The molecule has 1 aliphatic heterocycles. The number of benzene rings is 1. The highest BCUT2D eigenvalue weighted by atomic mass is 15.4. The van der Waals surface area contributed by atoms with E-state index in [1.165, 1.54) is 6.42 Å².